The molecule has 0 bridgehead atoms. The average molecular weight is 667 g/mol. The third kappa shape index (κ3) is 8.32. The van der Waals surface area contributed by atoms with Gasteiger partial charge in [0.15, 0.2) is 11.5 Å². The summed E-state index contributed by atoms with van der Waals surface area (Å²) in [6.07, 6.45) is 9.35. The number of ketones is 1. The maximum absolute atomic E-state index is 12.6. The van der Waals surface area contributed by atoms with Gasteiger partial charge in [0.25, 0.3) is 0 Å². The average Bonchev–Trinajstić information content (AvgIpc) is 3.61. The van der Waals surface area contributed by atoms with Crippen LogP contribution in [0.3, 0.4) is 0 Å². The van der Waals surface area contributed by atoms with Gasteiger partial charge in [-0.3, -0.25) is 24.0 Å². The van der Waals surface area contributed by atoms with Crippen LogP contribution in [0.15, 0.2) is 78.9 Å². The maximum Gasteiger partial charge on any atom is 0.321 e. The van der Waals surface area contributed by atoms with Crippen LogP contribution in [0.5, 0.6) is 11.5 Å². The molecule has 1 aliphatic carbocycles. The molecule has 4 unspecified atom stereocenters. The number of fused-ring (bicyclic) bond motifs is 3. The quantitative estimate of drug-likeness (QED) is 0.0311. The first-order valence-electron chi connectivity index (χ1n) is 16.8. The van der Waals surface area contributed by atoms with Gasteiger partial charge in [0.1, 0.15) is 5.75 Å². The molecule has 10 nitrogen and oxygen atoms in total. The van der Waals surface area contributed by atoms with E-state index in [1.165, 1.54) is 0 Å². The van der Waals surface area contributed by atoms with Crippen molar-refractivity contribution in [3.63, 3.8) is 0 Å². The van der Waals surface area contributed by atoms with Gasteiger partial charge in [0.2, 0.25) is 0 Å². The van der Waals surface area contributed by atoms with Crippen LogP contribution in [-0.4, -0.2) is 42.9 Å². The molecule has 2 fully saturated rings. The van der Waals surface area contributed by atoms with Gasteiger partial charge in [-0.25, -0.2) is 0 Å². The van der Waals surface area contributed by atoms with Crippen molar-refractivity contribution in [3.05, 3.63) is 101 Å². The number of hydrogen-bond donors (Lipinski definition) is 0. The number of hydrogen-bond acceptors (Lipinski definition) is 10. The first-order valence-corrected chi connectivity index (χ1v) is 16.8. The van der Waals surface area contributed by atoms with E-state index in [1.807, 2.05) is 36.4 Å². The van der Waals surface area contributed by atoms with Crippen molar-refractivity contribution >= 4 is 35.7 Å². The lowest BCUT2D eigenvalue weighted by Gasteiger charge is -2.33. The molecule has 2 saturated heterocycles. The number of allylic oxidation sites excluding steroid dienone is 1. The number of cyclic esters (lactones) is 4. The summed E-state index contributed by atoms with van der Waals surface area (Å²) < 4.78 is 15.7. The van der Waals surface area contributed by atoms with Crippen molar-refractivity contribution < 1.29 is 48.0 Å². The van der Waals surface area contributed by atoms with E-state index in [0.29, 0.717) is 35.8 Å². The Morgan fingerprint density at radius 3 is 2.12 bits per heavy atom. The zero-order chi connectivity index (χ0) is 34.2. The molecule has 3 aromatic carbocycles. The lowest BCUT2D eigenvalue weighted by molar-refractivity contribution is -0.207. The number of carbonyl (C=O) groups is 5. The number of esters is 4. The predicted octanol–water partition coefficient (Wildman–Crippen LogP) is 6.67. The Morgan fingerprint density at radius 1 is 0.694 bits per heavy atom. The fourth-order valence-corrected chi connectivity index (χ4v) is 6.72. The lowest BCUT2D eigenvalue weighted by Crippen LogP contribution is -2.31. The van der Waals surface area contributed by atoms with Gasteiger partial charge in [-0.1, -0.05) is 80.3 Å². The highest BCUT2D eigenvalue weighted by atomic mass is 17.2. The van der Waals surface area contributed by atoms with Crippen LogP contribution in [0, 0.1) is 11.8 Å². The second kappa shape index (κ2) is 15.9. The van der Waals surface area contributed by atoms with Crippen molar-refractivity contribution in [2.24, 2.45) is 11.8 Å². The van der Waals surface area contributed by atoms with Crippen molar-refractivity contribution in [1.82, 2.24) is 0 Å². The zero-order valence-electron chi connectivity index (χ0n) is 27.0. The smallest absolute Gasteiger partial charge is 0.321 e. The molecule has 0 aromatic heterocycles. The van der Waals surface area contributed by atoms with Crippen molar-refractivity contribution in [3.8, 4) is 11.5 Å². The number of carbonyl (C=O) groups excluding carboxylic acids is 5. The minimum atomic E-state index is -0.740. The summed E-state index contributed by atoms with van der Waals surface area (Å²) in [5.74, 6) is -3.77. The zero-order valence-corrected chi connectivity index (χ0v) is 27.0. The van der Waals surface area contributed by atoms with Crippen LogP contribution < -0.4 is 9.62 Å². The molecular weight excluding hydrogens is 628 g/mol. The Balaban J connectivity index is 0.864. The molecule has 6 rings (SSSR count). The summed E-state index contributed by atoms with van der Waals surface area (Å²) in [7, 11) is 0. The van der Waals surface area contributed by atoms with Crippen LogP contribution in [-0.2, 0) is 33.5 Å². The summed E-state index contributed by atoms with van der Waals surface area (Å²) >= 11 is 0. The molecule has 2 aliphatic heterocycles. The van der Waals surface area contributed by atoms with E-state index in [2.05, 4.69) is 0 Å². The SMILES string of the molecule is O=C1CC(C2CC3C(=O)OC(=O)C3c3cc(OCCCCCCCCOOc4ccc(/C=C/C(=O)c5ccccc5)cc4)ccc32)C(=O)O1. The third-order valence-corrected chi connectivity index (χ3v) is 9.26. The first kappa shape index (κ1) is 33.8. The number of benzene rings is 3. The van der Waals surface area contributed by atoms with Crippen LogP contribution in [0.1, 0.15) is 90.3 Å². The highest BCUT2D eigenvalue weighted by molar-refractivity contribution is 6.06. The van der Waals surface area contributed by atoms with Gasteiger partial charge < -0.3 is 19.1 Å². The molecule has 10 heteroatoms. The first-order chi connectivity index (χ1) is 23.9. The lowest BCUT2D eigenvalue weighted by atomic mass is 9.67. The van der Waals surface area contributed by atoms with E-state index in [4.69, 9.17) is 24.0 Å². The Kier molecular flexibility index (Phi) is 10.9. The molecule has 0 N–H and O–H groups in total. The molecule has 0 radical (unpaired) electrons. The monoisotopic (exact) mass is 666 g/mol. The van der Waals surface area contributed by atoms with Crippen LogP contribution in [0.25, 0.3) is 6.08 Å². The van der Waals surface area contributed by atoms with Gasteiger partial charge in [-0.15, -0.1) is 0 Å². The molecule has 0 saturated carbocycles. The summed E-state index contributed by atoms with van der Waals surface area (Å²) in [6.45, 7) is 0.979. The number of unbranched alkanes of at least 4 members (excludes halogenated alkanes) is 5. The van der Waals surface area contributed by atoms with Gasteiger partial charge in [-0.2, -0.15) is 4.89 Å². The topological polar surface area (TPSA) is 132 Å². The molecular formula is C39H38O10. The van der Waals surface area contributed by atoms with E-state index in [1.54, 1.807) is 48.6 Å². The molecule has 49 heavy (non-hydrogen) atoms. The molecule has 3 aliphatic rings. The normalized spacial score (nSPS) is 21.3. The van der Waals surface area contributed by atoms with E-state index >= 15 is 0 Å². The van der Waals surface area contributed by atoms with E-state index in [-0.39, 0.29) is 18.6 Å². The molecule has 254 valence electrons. The fraction of sp³-hybridized carbons (Fsp3) is 0.359. The standard InChI is InChI=1S/C39H38O10/c40-34(26-10-6-5-7-11-26)19-14-25-12-15-27(16-13-25)49-46-21-9-4-2-1-3-8-20-45-28-17-18-29-30(32-24-35(41)47-37(32)42)23-33-36(31(29)22-28)39(44)48-38(33)43/h5-7,10-19,22,30,32-33,36H,1-4,8-9,20-21,23-24H2/b19-14+. The van der Waals surface area contributed by atoms with E-state index < -0.39 is 47.5 Å². The predicted molar refractivity (Wildman–Crippen MR) is 176 cm³/mol. The van der Waals surface area contributed by atoms with Crippen LogP contribution in [0.4, 0.5) is 0 Å². The summed E-state index contributed by atoms with van der Waals surface area (Å²) in [5, 5.41) is 0. The van der Waals surface area contributed by atoms with Gasteiger partial charge in [0.05, 0.1) is 37.4 Å². The summed E-state index contributed by atoms with van der Waals surface area (Å²) in [5.41, 5.74) is 2.91. The highest BCUT2D eigenvalue weighted by Crippen LogP contribution is 2.51. The van der Waals surface area contributed by atoms with Gasteiger partial charge >= 0.3 is 23.9 Å². The van der Waals surface area contributed by atoms with Crippen molar-refractivity contribution in [2.45, 2.75) is 63.2 Å². The largest absolute Gasteiger partial charge is 0.494 e. The third-order valence-electron chi connectivity index (χ3n) is 9.26. The number of rotatable bonds is 16. The Morgan fingerprint density at radius 2 is 1.39 bits per heavy atom. The molecule has 0 amide bonds. The maximum atomic E-state index is 12.6. The molecule has 3 aromatic rings. The Labute approximate surface area is 284 Å². The molecule has 0 spiro atoms. The van der Waals surface area contributed by atoms with E-state index in [9.17, 15) is 24.0 Å². The summed E-state index contributed by atoms with van der Waals surface area (Å²) in [4.78, 5) is 72.1. The second-order valence-electron chi connectivity index (χ2n) is 12.6. The van der Waals surface area contributed by atoms with Crippen LogP contribution >= 0.6 is 0 Å². The Hall–Kier alpha value is -5.09. The summed E-state index contributed by atoms with van der Waals surface area (Å²) in [6, 6.07) is 21.8. The second-order valence-corrected chi connectivity index (χ2v) is 12.6. The highest BCUT2D eigenvalue weighted by Gasteiger charge is 2.53. The minimum absolute atomic E-state index is 0.0447. The van der Waals surface area contributed by atoms with E-state index in [0.717, 1.165) is 49.7 Å². The molecule has 2 heterocycles. The Bertz CT molecular complexity index is 1710. The van der Waals surface area contributed by atoms with Crippen molar-refractivity contribution in [1.29, 1.82) is 0 Å². The molecule has 4 atom stereocenters. The number of ether oxygens (including phenoxy) is 3. The van der Waals surface area contributed by atoms with Gasteiger partial charge in [0, 0.05) is 5.56 Å². The van der Waals surface area contributed by atoms with Crippen LogP contribution in [0.2, 0.25) is 0 Å². The fourth-order valence-electron chi connectivity index (χ4n) is 6.72. The minimum Gasteiger partial charge on any atom is -0.494 e. The van der Waals surface area contributed by atoms with Gasteiger partial charge in [-0.05, 0) is 72.2 Å². The van der Waals surface area contributed by atoms with Crippen molar-refractivity contribution in [2.75, 3.05) is 13.2 Å².